The van der Waals surface area contributed by atoms with Crippen LogP contribution < -0.4 is 14.9 Å². The predicted octanol–water partition coefficient (Wildman–Crippen LogP) is 3.30. The fourth-order valence-corrected chi connectivity index (χ4v) is 3.33. The zero-order chi connectivity index (χ0) is 20.3. The molecule has 0 radical (unpaired) electrons. The zero-order valence-electron chi connectivity index (χ0n) is 15.0. The fraction of sp³-hybridized carbons (Fsp3) is 0.200. The maximum Gasteiger partial charge on any atom is 0.511 e. The second kappa shape index (κ2) is 8.33. The first-order valence-electron chi connectivity index (χ1n) is 8.43. The van der Waals surface area contributed by atoms with Gasteiger partial charge in [-0.2, -0.15) is 0 Å². The zero-order valence-corrected chi connectivity index (χ0v) is 15.8. The molecule has 146 valence electrons. The average molecular weight is 404 g/mol. The van der Waals surface area contributed by atoms with Gasteiger partial charge in [-0.05, 0) is 35.7 Å². The first kappa shape index (κ1) is 19.7. The van der Waals surface area contributed by atoms with Crippen LogP contribution in [0.2, 0.25) is 5.02 Å². The Morgan fingerprint density at radius 1 is 1.21 bits per heavy atom. The summed E-state index contributed by atoms with van der Waals surface area (Å²) in [5, 5.41) is 18.9. The van der Waals surface area contributed by atoms with Crippen LogP contribution in [0.15, 0.2) is 47.4 Å². The summed E-state index contributed by atoms with van der Waals surface area (Å²) in [5.74, 6) is 0.243. The Balaban J connectivity index is 2.10. The number of benzene rings is 2. The summed E-state index contributed by atoms with van der Waals surface area (Å²) in [5.41, 5.74) is 1.67. The van der Waals surface area contributed by atoms with Crippen LogP contribution in [-0.4, -0.2) is 34.7 Å². The van der Waals surface area contributed by atoms with Crippen molar-refractivity contribution in [3.63, 3.8) is 0 Å². The van der Waals surface area contributed by atoms with Gasteiger partial charge < -0.3 is 24.3 Å². The molecule has 0 atom stereocenters. The molecule has 0 fully saturated rings. The molecule has 0 saturated carbocycles. The van der Waals surface area contributed by atoms with E-state index in [-0.39, 0.29) is 18.9 Å². The summed E-state index contributed by atoms with van der Waals surface area (Å²) in [6.45, 7) is 0.0134. The molecular weight excluding hydrogens is 386 g/mol. The van der Waals surface area contributed by atoms with Gasteiger partial charge >= 0.3 is 6.16 Å². The van der Waals surface area contributed by atoms with E-state index < -0.39 is 11.6 Å². The molecule has 0 aliphatic carbocycles. The maximum absolute atomic E-state index is 12.7. The van der Waals surface area contributed by atoms with Gasteiger partial charge in [0.2, 0.25) is 5.43 Å². The van der Waals surface area contributed by atoms with E-state index in [0.717, 1.165) is 11.1 Å². The SMILES string of the molecule is COc1cccc(Cc2ccc3c(c2)c(=O)c(OC(=O)O)cn3CCO)c1Cl. The van der Waals surface area contributed by atoms with Crippen molar-refractivity contribution in [3.05, 3.63) is 69.0 Å². The molecule has 1 heterocycles. The third-order valence-corrected chi connectivity index (χ3v) is 4.74. The van der Waals surface area contributed by atoms with E-state index in [1.165, 1.54) is 13.3 Å². The normalized spacial score (nSPS) is 10.8. The smallest absolute Gasteiger partial charge is 0.495 e. The number of hydrogen-bond donors (Lipinski definition) is 2. The third kappa shape index (κ3) is 3.95. The molecule has 0 amide bonds. The van der Waals surface area contributed by atoms with Gasteiger partial charge in [-0.3, -0.25) is 4.79 Å². The predicted molar refractivity (Wildman–Crippen MR) is 105 cm³/mol. The topological polar surface area (TPSA) is 98.0 Å². The number of halogens is 1. The molecule has 2 aromatic carbocycles. The monoisotopic (exact) mass is 403 g/mol. The Kier molecular flexibility index (Phi) is 5.87. The van der Waals surface area contributed by atoms with E-state index in [0.29, 0.717) is 28.1 Å². The molecule has 3 aromatic rings. The van der Waals surface area contributed by atoms with Gasteiger partial charge in [0, 0.05) is 11.9 Å². The Labute approximate surface area is 165 Å². The molecule has 1 aromatic heterocycles. The number of carbonyl (C=O) groups is 1. The minimum atomic E-state index is -1.58. The minimum absolute atomic E-state index is 0.175. The number of hydrogen-bond acceptors (Lipinski definition) is 5. The van der Waals surface area contributed by atoms with Gasteiger partial charge in [-0.25, -0.2) is 4.79 Å². The molecule has 0 aliphatic rings. The summed E-state index contributed by atoms with van der Waals surface area (Å²) in [4.78, 5) is 23.6. The molecule has 0 spiro atoms. The van der Waals surface area contributed by atoms with Crippen molar-refractivity contribution < 1.29 is 24.5 Å². The highest BCUT2D eigenvalue weighted by Crippen LogP contribution is 2.30. The molecule has 0 unspecified atom stereocenters. The summed E-state index contributed by atoms with van der Waals surface area (Å²) in [7, 11) is 1.54. The number of fused-ring (bicyclic) bond motifs is 1. The summed E-state index contributed by atoms with van der Waals surface area (Å²) in [6, 6.07) is 10.7. The molecule has 0 bridgehead atoms. The van der Waals surface area contributed by atoms with Crippen LogP contribution >= 0.6 is 11.6 Å². The van der Waals surface area contributed by atoms with Gasteiger partial charge in [-0.15, -0.1) is 0 Å². The number of methoxy groups -OCH3 is 1. The number of rotatable bonds is 6. The Bertz CT molecular complexity index is 1090. The van der Waals surface area contributed by atoms with Crippen LogP contribution in [0.4, 0.5) is 4.79 Å². The van der Waals surface area contributed by atoms with Crippen molar-refractivity contribution in [3.8, 4) is 11.5 Å². The third-order valence-electron chi connectivity index (χ3n) is 4.31. The molecule has 28 heavy (non-hydrogen) atoms. The van der Waals surface area contributed by atoms with Gasteiger partial charge in [0.1, 0.15) is 5.75 Å². The van der Waals surface area contributed by atoms with E-state index in [2.05, 4.69) is 4.74 Å². The Morgan fingerprint density at radius 2 is 2.00 bits per heavy atom. The lowest BCUT2D eigenvalue weighted by atomic mass is 10.0. The van der Waals surface area contributed by atoms with Crippen molar-refractivity contribution in [2.75, 3.05) is 13.7 Å². The van der Waals surface area contributed by atoms with Crippen LogP contribution in [0, 0.1) is 0 Å². The molecule has 3 rings (SSSR count). The first-order valence-corrected chi connectivity index (χ1v) is 8.81. The van der Waals surface area contributed by atoms with Crippen molar-refractivity contribution in [2.24, 2.45) is 0 Å². The van der Waals surface area contributed by atoms with Crippen molar-refractivity contribution in [2.45, 2.75) is 13.0 Å². The number of aliphatic hydroxyl groups excluding tert-OH is 1. The lowest BCUT2D eigenvalue weighted by Gasteiger charge is -2.13. The fourth-order valence-electron chi connectivity index (χ4n) is 3.06. The van der Waals surface area contributed by atoms with Crippen LogP contribution in [-0.2, 0) is 13.0 Å². The Morgan fingerprint density at radius 3 is 2.68 bits per heavy atom. The van der Waals surface area contributed by atoms with E-state index in [1.807, 2.05) is 18.2 Å². The summed E-state index contributed by atoms with van der Waals surface area (Å²) < 4.78 is 11.4. The molecule has 0 aliphatic heterocycles. The van der Waals surface area contributed by atoms with Crippen molar-refractivity contribution in [1.29, 1.82) is 0 Å². The van der Waals surface area contributed by atoms with Crippen molar-refractivity contribution in [1.82, 2.24) is 4.57 Å². The van der Waals surface area contributed by atoms with Gasteiger partial charge in [-0.1, -0.05) is 29.8 Å². The minimum Gasteiger partial charge on any atom is -0.495 e. The van der Waals surface area contributed by atoms with Gasteiger partial charge in [0.25, 0.3) is 0 Å². The average Bonchev–Trinajstić information content (AvgIpc) is 2.67. The molecule has 2 N–H and O–H groups in total. The van der Waals surface area contributed by atoms with Crippen LogP contribution in [0.3, 0.4) is 0 Å². The first-order chi connectivity index (χ1) is 13.4. The molecule has 0 saturated heterocycles. The number of ether oxygens (including phenoxy) is 2. The summed E-state index contributed by atoms with van der Waals surface area (Å²) in [6.07, 6.45) is 0.162. The largest absolute Gasteiger partial charge is 0.511 e. The second-order valence-electron chi connectivity index (χ2n) is 6.07. The van der Waals surface area contributed by atoms with Crippen molar-refractivity contribution >= 4 is 28.7 Å². The summed E-state index contributed by atoms with van der Waals surface area (Å²) >= 11 is 6.35. The number of nitrogens with zero attached hydrogens (tertiary/aromatic N) is 1. The number of aliphatic hydroxyl groups is 1. The molecular formula is C20H18ClNO6. The number of pyridine rings is 1. The highest BCUT2D eigenvalue weighted by Gasteiger charge is 2.14. The second-order valence-corrected chi connectivity index (χ2v) is 6.45. The lowest BCUT2D eigenvalue weighted by molar-refractivity contribution is 0.143. The van der Waals surface area contributed by atoms with Crippen LogP contribution in [0.1, 0.15) is 11.1 Å². The molecule has 7 nitrogen and oxygen atoms in total. The standard InChI is InChI=1S/C20H18ClNO6/c1-27-16-4-2-3-13(18(16)21)9-12-5-6-15-14(10-12)19(24)17(28-20(25)26)11-22(15)7-8-23/h2-6,10-11,23H,7-9H2,1H3,(H,25,26). The highest BCUT2D eigenvalue weighted by atomic mass is 35.5. The van der Waals surface area contributed by atoms with E-state index in [4.69, 9.17) is 21.4 Å². The quantitative estimate of drug-likeness (QED) is 0.613. The Hall–Kier alpha value is -3.03. The number of aromatic nitrogens is 1. The lowest BCUT2D eigenvalue weighted by Crippen LogP contribution is -2.17. The van der Waals surface area contributed by atoms with Gasteiger partial charge in [0.15, 0.2) is 5.75 Å². The van der Waals surface area contributed by atoms with Gasteiger partial charge in [0.05, 0.1) is 30.5 Å². The molecule has 8 heteroatoms. The van der Waals surface area contributed by atoms with E-state index >= 15 is 0 Å². The van der Waals surface area contributed by atoms with Crippen LogP contribution in [0.25, 0.3) is 10.9 Å². The van der Waals surface area contributed by atoms with E-state index in [9.17, 15) is 14.7 Å². The highest BCUT2D eigenvalue weighted by molar-refractivity contribution is 6.32. The maximum atomic E-state index is 12.7. The van der Waals surface area contributed by atoms with Crippen LogP contribution in [0.5, 0.6) is 11.5 Å². The number of carboxylic acid groups (broad SMARTS) is 1. The van der Waals surface area contributed by atoms with E-state index in [1.54, 1.807) is 22.8 Å².